The Hall–Kier alpha value is -6.13. The number of rotatable bonds is 15. The Morgan fingerprint density at radius 1 is 0.600 bits per heavy atom. The van der Waals surface area contributed by atoms with Gasteiger partial charge in [0.2, 0.25) is 0 Å². The summed E-state index contributed by atoms with van der Waals surface area (Å²) in [5.41, 5.74) is 4.53. The molecular weight excluding hydrogens is 729 g/mol. The zero-order valence-electron chi connectivity index (χ0n) is 30.3. The summed E-state index contributed by atoms with van der Waals surface area (Å²) in [4.78, 5) is 37.4. The van der Waals surface area contributed by atoms with Crippen molar-refractivity contribution in [3.05, 3.63) is 162 Å². The summed E-state index contributed by atoms with van der Waals surface area (Å²) >= 11 is 3.18. The van der Waals surface area contributed by atoms with Gasteiger partial charge in [0.15, 0.2) is 0 Å². The van der Waals surface area contributed by atoms with Crippen LogP contribution in [-0.4, -0.2) is 49.2 Å². The van der Waals surface area contributed by atoms with Crippen molar-refractivity contribution in [2.45, 2.75) is 23.3 Å². The molecule has 276 valence electrons. The van der Waals surface area contributed by atoms with E-state index in [2.05, 4.69) is 49.0 Å². The number of fused-ring (bicyclic) bond motifs is 1. The van der Waals surface area contributed by atoms with Crippen LogP contribution in [0, 0.1) is 23.7 Å². The van der Waals surface area contributed by atoms with E-state index in [4.69, 9.17) is 18.9 Å². The van der Waals surface area contributed by atoms with Gasteiger partial charge >= 0.3 is 17.9 Å². The number of ether oxygens (including phenoxy) is 4. The van der Waals surface area contributed by atoms with Crippen molar-refractivity contribution in [3.8, 4) is 29.4 Å². The summed E-state index contributed by atoms with van der Waals surface area (Å²) < 4.78 is 21.5. The molecule has 9 heteroatoms. The molecule has 0 saturated carbocycles. The van der Waals surface area contributed by atoms with Gasteiger partial charge in [0.1, 0.15) is 31.1 Å². The van der Waals surface area contributed by atoms with Gasteiger partial charge in [-0.25, -0.2) is 14.4 Å². The SMILES string of the molecule is C=CC(=O)OCCSc1ccc(C#Cc2ccc(OCc3ccc4cc(C#Cc5ccc(SCCOC(=O)C=C)cc5)ccc4c3)c(C(=O)OCC)c2)cc1. The Morgan fingerprint density at radius 3 is 1.65 bits per heavy atom. The van der Waals surface area contributed by atoms with Crippen molar-refractivity contribution in [3.63, 3.8) is 0 Å². The summed E-state index contributed by atoms with van der Waals surface area (Å²) in [6.07, 6.45) is 2.31. The highest BCUT2D eigenvalue weighted by Gasteiger charge is 2.15. The molecule has 0 aliphatic heterocycles. The van der Waals surface area contributed by atoms with Crippen LogP contribution in [0.2, 0.25) is 0 Å². The maximum atomic E-state index is 12.9. The first-order valence-electron chi connectivity index (χ1n) is 17.4. The predicted octanol–water partition coefficient (Wildman–Crippen LogP) is 9.04. The van der Waals surface area contributed by atoms with E-state index in [0.717, 1.165) is 55.0 Å². The topological polar surface area (TPSA) is 88.1 Å². The Labute approximate surface area is 330 Å². The Bertz CT molecular complexity index is 2290. The second-order valence-corrected chi connectivity index (χ2v) is 13.9. The van der Waals surface area contributed by atoms with Crippen molar-refractivity contribution in [1.29, 1.82) is 0 Å². The number of carbonyl (C=O) groups is 3. The number of hydrogen-bond acceptors (Lipinski definition) is 9. The summed E-state index contributed by atoms with van der Waals surface area (Å²) in [6.45, 7) is 9.66. The molecule has 5 aromatic carbocycles. The number of benzene rings is 5. The molecule has 0 N–H and O–H groups in total. The molecule has 0 amide bonds. The molecule has 0 aliphatic rings. The summed E-state index contributed by atoms with van der Waals surface area (Å²) in [7, 11) is 0. The molecule has 0 radical (unpaired) electrons. The molecule has 0 saturated heterocycles. The van der Waals surface area contributed by atoms with Crippen molar-refractivity contribution >= 4 is 52.2 Å². The lowest BCUT2D eigenvalue weighted by Crippen LogP contribution is -2.08. The van der Waals surface area contributed by atoms with E-state index in [9.17, 15) is 14.4 Å². The highest BCUT2D eigenvalue weighted by molar-refractivity contribution is 7.99. The van der Waals surface area contributed by atoms with Crippen LogP contribution in [0.15, 0.2) is 138 Å². The molecule has 7 nitrogen and oxygen atoms in total. The fourth-order valence-electron chi connectivity index (χ4n) is 5.00. The third kappa shape index (κ3) is 12.8. The fourth-order valence-corrected chi connectivity index (χ4v) is 6.47. The monoisotopic (exact) mass is 766 g/mol. The predicted molar refractivity (Wildman–Crippen MR) is 219 cm³/mol. The molecule has 0 atom stereocenters. The number of carbonyl (C=O) groups excluding carboxylic acids is 3. The molecule has 0 aromatic heterocycles. The molecular formula is C46H38O7S2. The minimum Gasteiger partial charge on any atom is -0.488 e. The lowest BCUT2D eigenvalue weighted by Gasteiger charge is -2.12. The van der Waals surface area contributed by atoms with E-state index in [0.29, 0.717) is 41.6 Å². The molecule has 55 heavy (non-hydrogen) atoms. The highest BCUT2D eigenvalue weighted by Crippen LogP contribution is 2.25. The largest absolute Gasteiger partial charge is 0.488 e. The molecule has 0 bridgehead atoms. The van der Waals surface area contributed by atoms with Gasteiger partial charge < -0.3 is 18.9 Å². The van der Waals surface area contributed by atoms with Crippen LogP contribution in [-0.2, 0) is 30.4 Å². The lowest BCUT2D eigenvalue weighted by molar-refractivity contribution is -0.138. The van der Waals surface area contributed by atoms with Crippen LogP contribution in [0.5, 0.6) is 5.75 Å². The fraction of sp³-hybridized carbons (Fsp3) is 0.152. The van der Waals surface area contributed by atoms with Crippen molar-refractivity contribution in [2.75, 3.05) is 31.3 Å². The molecule has 5 aromatic rings. The quantitative estimate of drug-likeness (QED) is 0.0259. The van der Waals surface area contributed by atoms with Crippen LogP contribution in [0.25, 0.3) is 10.8 Å². The maximum absolute atomic E-state index is 12.9. The van der Waals surface area contributed by atoms with Gasteiger partial charge in [0.05, 0.1) is 6.61 Å². The second kappa shape index (κ2) is 20.9. The standard InChI is InChI=1S/C46H38O7S2/c1-4-44(47)51-25-27-54-40-20-13-33(14-21-40)7-9-35-11-18-39-30-37(12-19-38(39)29-35)32-53-43-24-17-36(31-42(43)46(49)50-6-3)10-8-34-15-22-41(23-16-34)55-28-26-52-45(48)5-2/h4-5,11-24,29-31H,1-2,6,25-28,32H2,3H3. The van der Waals surface area contributed by atoms with Crippen LogP contribution in [0.3, 0.4) is 0 Å². The normalized spacial score (nSPS) is 10.2. The number of thioether (sulfide) groups is 2. The zero-order valence-corrected chi connectivity index (χ0v) is 31.9. The third-order valence-electron chi connectivity index (χ3n) is 7.71. The van der Waals surface area contributed by atoms with E-state index < -0.39 is 17.9 Å². The first-order chi connectivity index (χ1) is 26.8. The summed E-state index contributed by atoms with van der Waals surface area (Å²) in [5, 5.41) is 2.10. The number of hydrogen-bond donors (Lipinski definition) is 0. The number of esters is 3. The zero-order chi connectivity index (χ0) is 38.8. The van der Waals surface area contributed by atoms with E-state index in [1.165, 1.54) is 0 Å². The third-order valence-corrected chi connectivity index (χ3v) is 9.66. The van der Waals surface area contributed by atoms with Gasteiger partial charge in [-0.15, -0.1) is 23.5 Å². The van der Waals surface area contributed by atoms with Gasteiger partial charge in [0, 0.05) is 55.7 Å². The first-order valence-corrected chi connectivity index (χ1v) is 19.4. The minimum atomic E-state index is -0.480. The highest BCUT2D eigenvalue weighted by atomic mass is 32.2. The van der Waals surface area contributed by atoms with Crippen LogP contribution in [0.4, 0.5) is 0 Å². The average Bonchev–Trinajstić information content (AvgIpc) is 3.22. The Morgan fingerprint density at radius 2 is 1.09 bits per heavy atom. The molecule has 0 fully saturated rings. The van der Waals surface area contributed by atoms with Gasteiger partial charge in [-0.3, -0.25) is 0 Å². The van der Waals surface area contributed by atoms with Crippen LogP contribution in [0.1, 0.15) is 45.1 Å². The summed E-state index contributed by atoms with van der Waals surface area (Å²) in [6, 6.07) is 33.2. The van der Waals surface area contributed by atoms with E-state index in [1.54, 1.807) is 42.6 Å². The van der Waals surface area contributed by atoms with Crippen molar-refractivity contribution in [2.24, 2.45) is 0 Å². The second-order valence-electron chi connectivity index (χ2n) is 11.6. The summed E-state index contributed by atoms with van der Waals surface area (Å²) in [5.74, 6) is 13.1. The smallest absolute Gasteiger partial charge is 0.341 e. The van der Waals surface area contributed by atoms with Crippen molar-refractivity contribution in [1.82, 2.24) is 0 Å². The Kier molecular flexibility index (Phi) is 15.3. The van der Waals surface area contributed by atoms with Gasteiger partial charge in [0.25, 0.3) is 0 Å². The van der Waals surface area contributed by atoms with Crippen LogP contribution < -0.4 is 4.74 Å². The van der Waals surface area contributed by atoms with E-state index in [1.807, 2.05) is 78.9 Å². The molecule has 0 spiro atoms. The van der Waals surface area contributed by atoms with Gasteiger partial charge in [-0.1, -0.05) is 55.0 Å². The lowest BCUT2D eigenvalue weighted by atomic mass is 10.0. The molecule has 0 aliphatic carbocycles. The molecule has 0 heterocycles. The van der Waals surface area contributed by atoms with E-state index >= 15 is 0 Å². The minimum absolute atomic E-state index is 0.232. The maximum Gasteiger partial charge on any atom is 0.341 e. The first kappa shape index (κ1) is 40.1. The molecule has 5 rings (SSSR count). The average molecular weight is 767 g/mol. The van der Waals surface area contributed by atoms with Crippen LogP contribution >= 0.6 is 23.5 Å². The van der Waals surface area contributed by atoms with E-state index in [-0.39, 0.29) is 13.2 Å². The van der Waals surface area contributed by atoms with Gasteiger partial charge in [-0.05, 0) is 108 Å². The van der Waals surface area contributed by atoms with Crippen molar-refractivity contribution < 1.29 is 33.3 Å². The molecule has 0 unspecified atom stereocenters. The Balaban J connectivity index is 1.19. The van der Waals surface area contributed by atoms with Gasteiger partial charge in [-0.2, -0.15) is 0 Å².